The van der Waals surface area contributed by atoms with Crippen LogP contribution in [0.25, 0.3) is 0 Å². The summed E-state index contributed by atoms with van der Waals surface area (Å²) in [5.41, 5.74) is 2.97. The first-order chi connectivity index (χ1) is 13.5. The highest BCUT2D eigenvalue weighted by molar-refractivity contribution is 14.0. The summed E-state index contributed by atoms with van der Waals surface area (Å²) < 4.78 is 10.7. The largest absolute Gasteiger partial charge is 0.454 e. The molecule has 1 aliphatic rings. The smallest absolute Gasteiger partial charge is 0.231 e. The van der Waals surface area contributed by atoms with E-state index in [-0.39, 0.29) is 42.6 Å². The number of nitrogens with one attached hydrogen (secondary N) is 3. The lowest BCUT2D eigenvalue weighted by Gasteiger charge is -2.13. The van der Waals surface area contributed by atoms with E-state index >= 15 is 0 Å². The number of guanidine groups is 1. The van der Waals surface area contributed by atoms with Gasteiger partial charge in [-0.2, -0.15) is 0 Å². The number of aliphatic imine (C=N–C) groups is 1. The van der Waals surface area contributed by atoms with Gasteiger partial charge in [0.2, 0.25) is 12.7 Å². The molecular weight excluding hydrogens is 483 g/mol. The summed E-state index contributed by atoms with van der Waals surface area (Å²) in [6.07, 6.45) is 0. The summed E-state index contributed by atoms with van der Waals surface area (Å²) in [6, 6.07) is 13.6. The van der Waals surface area contributed by atoms with Crippen LogP contribution in [-0.4, -0.2) is 25.7 Å². The van der Waals surface area contributed by atoms with Gasteiger partial charge in [-0.3, -0.25) is 9.79 Å². The molecule has 29 heavy (non-hydrogen) atoms. The molecule has 0 unspecified atom stereocenters. The number of halogens is 1. The molecule has 0 spiro atoms. The highest BCUT2D eigenvalue weighted by Crippen LogP contribution is 2.32. The minimum absolute atomic E-state index is 0. The standard InChI is InChI=1S/C21H26N4O3.HI/c1-14(2)20(26)25-17-7-4-15(5-8-17)11-23-21(22-3)24-12-16-6-9-18-19(10-16)28-13-27-18;/h4-10,14H,11-13H2,1-3H3,(H,25,26)(H2,22,23,24);1H. The zero-order valence-electron chi connectivity index (χ0n) is 16.8. The predicted octanol–water partition coefficient (Wildman–Crippen LogP) is 3.49. The molecule has 2 aromatic rings. The third-order valence-electron chi connectivity index (χ3n) is 4.33. The van der Waals surface area contributed by atoms with Crippen LogP contribution < -0.4 is 25.4 Å². The van der Waals surface area contributed by atoms with Gasteiger partial charge in [0.15, 0.2) is 17.5 Å². The van der Waals surface area contributed by atoms with Gasteiger partial charge in [-0.25, -0.2) is 0 Å². The summed E-state index contributed by atoms with van der Waals surface area (Å²) in [5, 5.41) is 9.45. The fraction of sp³-hybridized carbons (Fsp3) is 0.333. The van der Waals surface area contributed by atoms with Crippen LogP contribution in [0.3, 0.4) is 0 Å². The molecular formula is C21H27IN4O3. The molecule has 1 aliphatic heterocycles. The monoisotopic (exact) mass is 510 g/mol. The summed E-state index contributed by atoms with van der Waals surface area (Å²) >= 11 is 0. The maximum atomic E-state index is 11.7. The quantitative estimate of drug-likeness (QED) is 0.315. The Kier molecular flexibility index (Phi) is 8.56. The Morgan fingerprint density at radius 3 is 2.28 bits per heavy atom. The Hall–Kier alpha value is -2.49. The van der Waals surface area contributed by atoms with Crippen molar-refractivity contribution in [2.45, 2.75) is 26.9 Å². The Balaban J connectivity index is 0.00000300. The van der Waals surface area contributed by atoms with E-state index in [9.17, 15) is 4.79 Å². The minimum atomic E-state index is -0.0412. The number of rotatable bonds is 6. The van der Waals surface area contributed by atoms with E-state index in [2.05, 4.69) is 20.9 Å². The Labute approximate surface area is 188 Å². The molecule has 3 N–H and O–H groups in total. The van der Waals surface area contributed by atoms with Crippen LogP contribution in [0.1, 0.15) is 25.0 Å². The normalized spacial score (nSPS) is 12.3. The Morgan fingerprint density at radius 2 is 1.62 bits per heavy atom. The molecule has 1 heterocycles. The third-order valence-corrected chi connectivity index (χ3v) is 4.33. The zero-order chi connectivity index (χ0) is 19.9. The van der Waals surface area contributed by atoms with Crippen molar-refractivity contribution in [1.29, 1.82) is 0 Å². The molecule has 0 fully saturated rings. The molecule has 2 aromatic carbocycles. The highest BCUT2D eigenvalue weighted by atomic mass is 127. The average molecular weight is 510 g/mol. The van der Waals surface area contributed by atoms with Crippen molar-refractivity contribution in [3.05, 3.63) is 53.6 Å². The zero-order valence-corrected chi connectivity index (χ0v) is 19.2. The van der Waals surface area contributed by atoms with Gasteiger partial charge in [0.25, 0.3) is 0 Å². The molecule has 8 heteroatoms. The third kappa shape index (κ3) is 6.52. The summed E-state index contributed by atoms with van der Waals surface area (Å²) in [5.74, 6) is 2.22. The predicted molar refractivity (Wildman–Crippen MR) is 125 cm³/mol. The van der Waals surface area contributed by atoms with E-state index in [1.807, 2.05) is 56.3 Å². The maximum Gasteiger partial charge on any atom is 0.231 e. The van der Waals surface area contributed by atoms with Gasteiger partial charge in [0.1, 0.15) is 0 Å². The van der Waals surface area contributed by atoms with E-state index in [1.54, 1.807) is 7.05 Å². The van der Waals surface area contributed by atoms with Crippen LogP contribution >= 0.6 is 24.0 Å². The lowest BCUT2D eigenvalue weighted by molar-refractivity contribution is -0.118. The van der Waals surface area contributed by atoms with Gasteiger partial charge in [0, 0.05) is 31.7 Å². The van der Waals surface area contributed by atoms with Crippen LogP contribution in [0.15, 0.2) is 47.5 Å². The molecule has 0 aromatic heterocycles. The first-order valence-electron chi connectivity index (χ1n) is 9.28. The molecule has 0 radical (unpaired) electrons. The van der Waals surface area contributed by atoms with E-state index in [0.29, 0.717) is 19.0 Å². The highest BCUT2D eigenvalue weighted by Gasteiger charge is 2.13. The number of ether oxygens (including phenoxy) is 2. The van der Waals surface area contributed by atoms with Crippen molar-refractivity contribution in [3.63, 3.8) is 0 Å². The lowest BCUT2D eigenvalue weighted by atomic mass is 10.1. The second-order valence-corrected chi connectivity index (χ2v) is 6.81. The molecule has 7 nitrogen and oxygen atoms in total. The van der Waals surface area contributed by atoms with Crippen molar-refractivity contribution < 1.29 is 14.3 Å². The number of carbonyl (C=O) groups excluding carboxylic acids is 1. The fourth-order valence-electron chi connectivity index (χ4n) is 2.64. The molecule has 0 saturated heterocycles. The summed E-state index contributed by atoms with van der Waals surface area (Å²) in [4.78, 5) is 16.0. The van der Waals surface area contributed by atoms with E-state index in [1.165, 1.54) is 0 Å². The van der Waals surface area contributed by atoms with Crippen molar-refractivity contribution in [1.82, 2.24) is 10.6 Å². The molecule has 0 aliphatic carbocycles. The second kappa shape index (κ2) is 10.9. The van der Waals surface area contributed by atoms with Crippen LogP contribution in [0.5, 0.6) is 11.5 Å². The maximum absolute atomic E-state index is 11.7. The Morgan fingerprint density at radius 1 is 1.00 bits per heavy atom. The number of nitrogens with zero attached hydrogens (tertiary/aromatic N) is 1. The summed E-state index contributed by atoms with van der Waals surface area (Å²) in [7, 11) is 1.74. The van der Waals surface area contributed by atoms with Gasteiger partial charge in [-0.05, 0) is 35.4 Å². The summed E-state index contributed by atoms with van der Waals surface area (Å²) in [6.45, 7) is 5.26. The van der Waals surface area contributed by atoms with Gasteiger partial charge < -0.3 is 25.4 Å². The van der Waals surface area contributed by atoms with E-state index < -0.39 is 0 Å². The SMILES string of the molecule is CN=C(NCc1ccc(NC(=O)C(C)C)cc1)NCc1ccc2c(c1)OCO2.I. The van der Waals surface area contributed by atoms with E-state index in [4.69, 9.17) is 9.47 Å². The fourth-order valence-corrected chi connectivity index (χ4v) is 2.64. The van der Waals surface area contributed by atoms with Crippen LogP contribution in [0.2, 0.25) is 0 Å². The molecule has 3 rings (SSSR count). The number of fused-ring (bicyclic) bond motifs is 1. The number of benzene rings is 2. The first-order valence-corrected chi connectivity index (χ1v) is 9.28. The number of hydrogen-bond acceptors (Lipinski definition) is 4. The number of carbonyl (C=O) groups is 1. The topological polar surface area (TPSA) is 84.0 Å². The number of anilines is 1. The van der Waals surface area contributed by atoms with Crippen LogP contribution in [0, 0.1) is 5.92 Å². The second-order valence-electron chi connectivity index (χ2n) is 6.81. The molecule has 0 saturated carbocycles. The van der Waals surface area contributed by atoms with Crippen molar-refractivity contribution in [3.8, 4) is 11.5 Å². The van der Waals surface area contributed by atoms with Crippen molar-refractivity contribution in [2.75, 3.05) is 19.2 Å². The van der Waals surface area contributed by atoms with Gasteiger partial charge in [-0.1, -0.05) is 32.0 Å². The number of hydrogen-bond donors (Lipinski definition) is 3. The lowest BCUT2D eigenvalue weighted by Crippen LogP contribution is -2.36. The van der Waals surface area contributed by atoms with Gasteiger partial charge in [0.05, 0.1) is 0 Å². The first kappa shape index (κ1) is 22.8. The molecule has 1 amide bonds. The van der Waals surface area contributed by atoms with Crippen LogP contribution in [0.4, 0.5) is 5.69 Å². The van der Waals surface area contributed by atoms with Crippen molar-refractivity contribution in [2.24, 2.45) is 10.9 Å². The van der Waals surface area contributed by atoms with Crippen LogP contribution in [-0.2, 0) is 17.9 Å². The molecule has 156 valence electrons. The van der Waals surface area contributed by atoms with E-state index in [0.717, 1.165) is 28.3 Å². The minimum Gasteiger partial charge on any atom is -0.454 e. The molecule has 0 bridgehead atoms. The molecule has 0 atom stereocenters. The van der Waals surface area contributed by atoms with Gasteiger partial charge >= 0.3 is 0 Å². The number of amides is 1. The van der Waals surface area contributed by atoms with Gasteiger partial charge in [-0.15, -0.1) is 24.0 Å². The Bertz CT molecular complexity index is 854. The average Bonchev–Trinajstić information content (AvgIpc) is 3.17. The van der Waals surface area contributed by atoms with Crippen molar-refractivity contribution >= 4 is 41.5 Å².